The van der Waals surface area contributed by atoms with E-state index in [0.29, 0.717) is 38.5 Å². The Hall–Kier alpha value is -2.41. The number of amides is 2. The maximum absolute atomic E-state index is 12.7. The molecule has 0 spiro atoms. The average molecular weight is 388 g/mol. The van der Waals surface area contributed by atoms with Crippen molar-refractivity contribution in [3.63, 3.8) is 0 Å². The Morgan fingerprint density at radius 1 is 1.11 bits per heavy atom. The number of thiazole rings is 1. The van der Waals surface area contributed by atoms with Crippen molar-refractivity contribution in [1.82, 2.24) is 14.8 Å². The monoisotopic (exact) mass is 387 g/mol. The van der Waals surface area contributed by atoms with Gasteiger partial charge in [0.05, 0.1) is 0 Å². The van der Waals surface area contributed by atoms with Crippen molar-refractivity contribution < 1.29 is 14.3 Å². The fourth-order valence-corrected chi connectivity index (χ4v) is 3.59. The summed E-state index contributed by atoms with van der Waals surface area (Å²) in [6.07, 6.45) is 0. The van der Waals surface area contributed by atoms with E-state index >= 15 is 0 Å². The van der Waals surface area contributed by atoms with Crippen LogP contribution in [0.1, 0.15) is 34.9 Å². The number of hydrogen-bond donors (Lipinski definition) is 0. The van der Waals surface area contributed by atoms with E-state index in [1.54, 1.807) is 10.3 Å². The molecule has 27 heavy (non-hydrogen) atoms. The minimum atomic E-state index is -0.0792. The summed E-state index contributed by atoms with van der Waals surface area (Å²) < 4.78 is 5.73. The topological polar surface area (TPSA) is 62.7 Å². The Balaban J connectivity index is 1.53. The molecule has 2 amide bonds. The summed E-state index contributed by atoms with van der Waals surface area (Å²) >= 11 is 1.43. The number of aryl methyl sites for hydroxylation is 1. The van der Waals surface area contributed by atoms with Crippen LogP contribution in [0.25, 0.3) is 0 Å². The van der Waals surface area contributed by atoms with Crippen molar-refractivity contribution in [1.29, 1.82) is 0 Å². The lowest BCUT2D eigenvalue weighted by atomic mass is 10.1. The van der Waals surface area contributed by atoms with Gasteiger partial charge >= 0.3 is 0 Å². The lowest BCUT2D eigenvalue weighted by Gasteiger charge is -2.35. The molecule has 2 heterocycles. The van der Waals surface area contributed by atoms with E-state index in [9.17, 15) is 9.59 Å². The van der Waals surface area contributed by atoms with Gasteiger partial charge in [0.1, 0.15) is 23.1 Å². The summed E-state index contributed by atoms with van der Waals surface area (Å²) in [6, 6.07) is 7.84. The number of benzene rings is 1. The van der Waals surface area contributed by atoms with Gasteiger partial charge in [-0.3, -0.25) is 9.59 Å². The van der Waals surface area contributed by atoms with Gasteiger partial charge in [-0.1, -0.05) is 31.5 Å². The molecule has 0 atom stereocenters. The molecule has 144 valence electrons. The second kappa shape index (κ2) is 8.52. The standard InChI is InChI=1S/C20H25N3O3S/c1-14(2)19(24)22-8-10-23(11-9-22)20(25)17-13-27-18(21-17)12-26-16-6-4-15(3)5-7-16/h4-7,13-14H,8-12H2,1-3H3. The van der Waals surface area contributed by atoms with Crippen molar-refractivity contribution in [3.8, 4) is 5.75 Å². The van der Waals surface area contributed by atoms with Crippen molar-refractivity contribution >= 4 is 23.2 Å². The van der Waals surface area contributed by atoms with E-state index in [-0.39, 0.29) is 17.7 Å². The van der Waals surface area contributed by atoms with Crippen molar-refractivity contribution in [2.75, 3.05) is 26.2 Å². The molecule has 1 fully saturated rings. The first-order valence-corrected chi connectivity index (χ1v) is 10.0. The zero-order valence-corrected chi connectivity index (χ0v) is 16.8. The maximum atomic E-state index is 12.7. The Morgan fingerprint density at radius 3 is 2.37 bits per heavy atom. The number of ether oxygens (including phenoxy) is 1. The minimum absolute atomic E-state index is 0.0121. The van der Waals surface area contributed by atoms with Crippen LogP contribution < -0.4 is 4.74 Å². The van der Waals surface area contributed by atoms with Crippen LogP contribution >= 0.6 is 11.3 Å². The summed E-state index contributed by atoms with van der Waals surface area (Å²) in [6.45, 7) is 8.42. The van der Waals surface area contributed by atoms with Gasteiger partial charge in [-0.25, -0.2) is 4.98 Å². The number of carbonyl (C=O) groups is 2. The molecule has 0 saturated carbocycles. The van der Waals surface area contributed by atoms with Crippen LogP contribution in [0.15, 0.2) is 29.6 Å². The molecule has 0 N–H and O–H groups in total. The Morgan fingerprint density at radius 2 is 1.74 bits per heavy atom. The summed E-state index contributed by atoms with van der Waals surface area (Å²) in [4.78, 5) is 32.7. The van der Waals surface area contributed by atoms with E-state index in [0.717, 1.165) is 10.8 Å². The van der Waals surface area contributed by atoms with Gasteiger partial charge < -0.3 is 14.5 Å². The summed E-state index contributed by atoms with van der Waals surface area (Å²) in [5, 5.41) is 2.55. The van der Waals surface area contributed by atoms with Gasteiger partial charge in [0.2, 0.25) is 5.91 Å². The first kappa shape index (κ1) is 19.4. The Labute approximate surface area is 163 Å². The summed E-state index contributed by atoms with van der Waals surface area (Å²) in [5.74, 6) is 0.840. The molecule has 1 aromatic heterocycles. The molecule has 0 unspecified atom stereocenters. The number of aromatic nitrogens is 1. The molecule has 6 nitrogen and oxygen atoms in total. The number of piperazine rings is 1. The van der Waals surface area contributed by atoms with E-state index < -0.39 is 0 Å². The normalized spacial score (nSPS) is 14.5. The molecule has 0 radical (unpaired) electrons. The highest BCUT2D eigenvalue weighted by molar-refractivity contribution is 7.09. The quantitative estimate of drug-likeness (QED) is 0.791. The number of nitrogens with zero attached hydrogens (tertiary/aromatic N) is 3. The Kier molecular flexibility index (Phi) is 6.11. The third kappa shape index (κ3) is 4.86. The fourth-order valence-electron chi connectivity index (χ4n) is 2.91. The van der Waals surface area contributed by atoms with Crippen LogP contribution in [-0.4, -0.2) is 52.8 Å². The number of hydrogen-bond acceptors (Lipinski definition) is 5. The molecular weight excluding hydrogens is 362 g/mol. The van der Waals surface area contributed by atoms with Crippen LogP contribution in [0.2, 0.25) is 0 Å². The van der Waals surface area contributed by atoms with Gasteiger partial charge in [-0.05, 0) is 19.1 Å². The zero-order valence-electron chi connectivity index (χ0n) is 16.0. The lowest BCUT2D eigenvalue weighted by Crippen LogP contribution is -2.51. The van der Waals surface area contributed by atoms with E-state index in [1.165, 1.54) is 16.9 Å². The second-order valence-corrected chi connectivity index (χ2v) is 7.94. The minimum Gasteiger partial charge on any atom is -0.486 e. The lowest BCUT2D eigenvalue weighted by molar-refractivity contribution is -0.135. The van der Waals surface area contributed by atoms with Crippen LogP contribution in [0, 0.1) is 12.8 Å². The summed E-state index contributed by atoms with van der Waals surface area (Å²) in [7, 11) is 0. The molecule has 0 aliphatic carbocycles. The van der Waals surface area contributed by atoms with Crippen molar-refractivity contribution in [3.05, 3.63) is 45.9 Å². The molecule has 1 aromatic carbocycles. The molecule has 7 heteroatoms. The van der Waals surface area contributed by atoms with Gasteiger partial charge in [-0.2, -0.15) is 0 Å². The fraction of sp³-hybridized carbons (Fsp3) is 0.450. The van der Waals surface area contributed by atoms with Gasteiger partial charge in [0.15, 0.2) is 0 Å². The first-order valence-electron chi connectivity index (χ1n) is 9.16. The number of rotatable bonds is 5. The summed E-state index contributed by atoms with van der Waals surface area (Å²) in [5.41, 5.74) is 1.63. The van der Waals surface area contributed by atoms with E-state index in [1.807, 2.05) is 49.9 Å². The largest absolute Gasteiger partial charge is 0.486 e. The van der Waals surface area contributed by atoms with Gasteiger partial charge in [0, 0.05) is 37.5 Å². The third-order valence-electron chi connectivity index (χ3n) is 4.53. The highest BCUT2D eigenvalue weighted by Crippen LogP contribution is 2.18. The van der Waals surface area contributed by atoms with E-state index in [2.05, 4.69) is 4.98 Å². The SMILES string of the molecule is Cc1ccc(OCc2nc(C(=O)N3CCN(C(=O)C(C)C)CC3)cs2)cc1. The molecule has 2 aromatic rings. The molecule has 1 aliphatic rings. The zero-order chi connectivity index (χ0) is 19.4. The highest BCUT2D eigenvalue weighted by Gasteiger charge is 2.27. The predicted octanol–water partition coefficient (Wildman–Crippen LogP) is 2.97. The average Bonchev–Trinajstić information content (AvgIpc) is 3.15. The molecule has 0 bridgehead atoms. The van der Waals surface area contributed by atoms with Crippen molar-refractivity contribution in [2.24, 2.45) is 5.92 Å². The predicted molar refractivity (Wildman–Crippen MR) is 105 cm³/mol. The second-order valence-electron chi connectivity index (χ2n) is 7.00. The van der Waals surface area contributed by atoms with Crippen LogP contribution in [0.4, 0.5) is 0 Å². The highest BCUT2D eigenvalue weighted by atomic mass is 32.1. The molecule has 1 aliphatic heterocycles. The molecular formula is C20H25N3O3S. The van der Waals surface area contributed by atoms with E-state index in [4.69, 9.17) is 4.74 Å². The van der Waals surface area contributed by atoms with Gasteiger partial charge in [-0.15, -0.1) is 11.3 Å². The molecule has 1 saturated heterocycles. The van der Waals surface area contributed by atoms with Crippen LogP contribution in [0.3, 0.4) is 0 Å². The van der Waals surface area contributed by atoms with Crippen LogP contribution in [-0.2, 0) is 11.4 Å². The first-order chi connectivity index (χ1) is 12.9. The maximum Gasteiger partial charge on any atom is 0.273 e. The number of carbonyl (C=O) groups excluding carboxylic acids is 2. The van der Waals surface area contributed by atoms with Crippen LogP contribution in [0.5, 0.6) is 5.75 Å². The Bertz CT molecular complexity index is 793. The van der Waals surface area contributed by atoms with Gasteiger partial charge in [0.25, 0.3) is 5.91 Å². The molecule has 3 rings (SSSR count). The smallest absolute Gasteiger partial charge is 0.273 e. The third-order valence-corrected chi connectivity index (χ3v) is 5.35. The van der Waals surface area contributed by atoms with Crippen molar-refractivity contribution in [2.45, 2.75) is 27.4 Å².